The van der Waals surface area contributed by atoms with E-state index < -0.39 is 5.82 Å². The van der Waals surface area contributed by atoms with E-state index in [0.29, 0.717) is 18.7 Å². The van der Waals surface area contributed by atoms with Crippen molar-refractivity contribution in [2.45, 2.75) is 6.42 Å². The van der Waals surface area contributed by atoms with Gasteiger partial charge in [0.15, 0.2) is 0 Å². The van der Waals surface area contributed by atoms with Crippen molar-refractivity contribution in [2.75, 3.05) is 26.8 Å². The van der Waals surface area contributed by atoms with E-state index in [1.165, 1.54) is 18.2 Å². The fourth-order valence-corrected chi connectivity index (χ4v) is 1.79. The molecule has 2 amide bonds. The van der Waals surface area contributed by atoms with Crippen LogP contribution >= 0.6 is 15.9 Å². The number of halogens is 2. The molecule has 1 aromatic rings. The molecule has 0 fully saturated rings. The minimum Gasteiger partial charge on any atom is -0.383 e. The van der Waals surface area contributed by atoms with Gasteiger partial charge in [-0.05, 0) is 34.1 Å². The fraction of sp³-hybridized carbons (Fsp3) is 0.385. The third-order valence-electron chi connectivity index (χ3n) is 2.45. The Labute approximate surface area is 125 Å². The van der Waals surface area contributed by atoms with E-state index in [0.717, 1.165) is 0 Å². The van der Waals surface area contributed by atoms with Crippen LogP contribution in [0, 0.1) is 5.82 Å². The molecular formula is C13H16BrFN2O3. The van der Waals surface area contributed by atoms with Crippen molar-refractivity contribution in [1.29, 1.82) is 0 Å². The average Bonchev–Trinajstić information content (AvgIpc) is 2.42. The van der Waals surface area contributed by atoms with Crippen LogP contribution in [0.1, 0.15) is 16.8 Å². The molecule has 5 nitrogen and oxygen atoms in total. The minimum absolute atomic E-state index is 0.164. The molecule has 1 aromatic carbocycles. The molecule has 0 aliphatic carbocycles. The van der Waals surface area contributed by atoms with Crippen molar-refractivity contribution in [3.05, 3.63) is 34.1 Å². The van der Waals surface area contributed by atoms with Crippen molar-refractivity contribution in [3.8, 4) is 0 Å². The lowest BCUT2D eigenvalue weighted by atomic mass is 10.2. The lowest BCUT2D eigenvalue weighted by Gasteiger charge is -2.07. The molecule has 20 heavy (non-hydrogen) atoms. The maximum atomic E-state index is 13.0. The van der Waals surface area contributed by atoms with E-state index in [1.807, 2.05) is 0 Å². The van der Waals surface area contributed by atoms with Crippen LogP contribution in [0.5, 0.6) is 0 Å². The Balaban J connectivity index is 2.32. The van der Waals surface area contributed by atoms with Crippen LogP contribution < -0.4 is 10.6 Å². The van der Waals surface area contributed by atoms with Gasteiger partial charge in [0.2, 0.25) is 5.91 Å². The molecule has 7 heteroatoms. The summed E-state index contributed by atoms with van der Waals surface area (Å²) in [7, 11) is 1.55. The average molecular weight is 347 g/mol. The maximum absolute atomic E-state index is 13.0. The Bertz CT molecular complexity index is 483. The normalized spacial score (nSPS) is 10.2. The smallest absolute Gasteiger partial charge is 0.251 e. The third-order valence-corrected chi connectivity index (χ3v) is 3.06. The Morgan fingerprint density at radius 1 is 1.30 bits per heavy atom. The van der Waals surface area contributed by atoms with Gasteiger partial charge in [-0.25, -0.2) is 4.39 Å². The van der Waals surface area contributed by atoms with Gasteiger partial charge in [-0.15, -0.1) is 0 Å². The van der Waals surface area contributed by atoms with Crippen molar-refractivity contribution >= 4 is 27.7 Å². The van der Waals surface area contributed by atoms with Gasteiger partial charge in [0.25, 0.3) is 5.91 Å². The predicted octanol–water partition coefficient (Wildman–Crippen LogP) is 1.47. The summed E-state index contributed by atoms with van der Waals surface area (Å²) in [4.78, 5) is 23.1. The zero-order chi connectivity index (χ0) is 15.0. The maximum Gasteiger partial charge on any atom is 0.251 e. The second-order valence-electron chi connectivity index (χ2n) is 3.98. The highest BCUT2D eigenvalue weighted by Crippen LogP contribution is 2.16. The SMILES string of the molecule is COCCNC(=O)CCNC(=O)c1ccc(F)c(Br)c1. The summed E-state index contributed by atoms with van der Waals surface area (Å²) < 4.78 is 18.0. The van der Waals surface area contributed by atoms with Gasteiger partial charge in [-0.3, -0.25) is 9.59 Å². The molecule has 0 spiro atoms. The second-order valence-corrected chi connectivity index (χ2v) is 4.83. The Morgan fingerprint density at radius 2 is 2.05 bits per heavy atom. The standard InChI is InChI=1S/C13H16BrFN2O3/c1-20-7-6-16-12(18)4-5-17-13(19)9-2-3-11(15)10(14)8-9/h2-3,8H,4-7H2,1H3,(H,16,18)(H,17,19). The van der Waals surface area contributed by atoms with E-state index in [4.69, 9.17) is 4.74 Å². The van der Waals surface area contributed by atoms with Crippen molar-refractivity contribution in [3.63, 3.8) is 0 Å². The number of hydrogen-bond donors (Lipinski definition) is 2. The van der Waals surface area contributed by atoms with E-state index in [9.17, 15) is 14.0 Å². The van der Waals surface area contributed by atoms with Gasteiger partial charge in [0.1, 0.15) is 5.82 Å². The van der Waals surface area contributed by atoms with Gasteiger partial charge in [0, 0.05) is 32.2 Å². The summed E-state index contributed by atoms with van der Waals surface area (Å²) in [6.45, 7) is 1.10. The summed E-state index contributed by atoms with van der Waals surface area (Å²) in [5, 5.41) is 5.23. The molecule has 0 unspecified atom stereocenters. The highest BCUT2D eigenvalue weighted by Gasteiger charge is 2.08. The molecule has 0 heterocycles. The summed E-state index contributed by atoms with van der Waals surface area (Å²) in [6.07, 6.45) is 0.178. The zero-order valence-corrected chi connectivity index (χ0v) is 12.6. The first-order chi connectivity index (χ1) is 9.54. The lowest BCUT2D eigenvalue weighted by molar-refractivity contribution is -0.121. The first-order valence-electron chi connectivity index (χ1n) is 6.03. The molecule has 0 aliphatic rings. The van der Waals surface area contributed by atoms with Crippen LogP contribution in [0.3, 0.4) is 0 Å². The molecule has 2 N–H and O–H groups in total. The van der Waals surface area contributed by atoms with Gasteiger partial charge in [-0.1, -0.05) is 0 Å². The Kier molecular flexibility index (Phi) is 7.17. The lowest BCUT2D eigenvalue weighted by Crippen LogP contribution is -2.32. The number of nitrogens with one attached hydrogen (secondary N) is 2. The molecule has 0 saturated carbocycles. The summed E-state index contributed by atoms with van der Waals surface area (Å²) >= 11 is 3.01. The Hall–Kier alpha value is -1.47. The molecule has 110 valence electrons. The number of carbonyl (C=O) groups is 2. The van der Waals surface area contributed by atoms with Crippen molar-refractivity contribution < 1.29 is 18.7 Å². The van der Waals surface area contributed by atoms with Crippen LogP contribution in [0.15, 0.2) is 22.7 Å². The van der Waals surface area contributed by atoms with Gasteiger partial charge in [-0.2, -0.15) is 0 Å². The quantitative estimate of drug-likeness (QED) is 0.734. The first kappa shape index (κ1) is 16.6. The highest BCUT2D eigenvalue weighted by molar-refractivity contribution is 9.10. The van der Waals surface area contributed by atoms with Gasteiger partial charge in [0.05, 0.1) is 11.1 Å². The molecule has 0 bridgehead atoms. The summed E-state index contributed by atoms with van der Waals surface area (Å²) in [5.41, 5.74) is 0.332. The first-order valence-corrected chi connectivity index (χ1v) is 6.82. The highest BCUT2D eigenvalue weighted by atomic mass is 79.9. The van der Waals surface area contributed by atoms with Crippen LogP contribution in [-0.4, -0.2) is 38.6 Å². The van der Waals surface area contributed by atoms with Gasteiger partial charge >= 0.3 is 0 Å². The topological polar surface area (TPSA) is 67.4 Å². The molecule has 0 radical (unpaired) electrons. The van der Waals surface area contributed by atoms with Crippen LogP contribution in [0.2, 0.25) is 0 Å². The van der Waals surface area contributed by atoms with Crippen LogP contribution in [0.25, 0.3) is 0 Å². The minimum atomic E-state index is -0.431. The molecule has 0 aliphatic heterocycles. The number of methoxy groups -OCH3 is 1. The third kappa shape index (κ3) is 5.66. The number of carbonyl (C=O) groups excluding carboxylic acids is 2. The van der Waals surface area contributed by atoms with Crippen molar-refractivity contribution in [1.82, 2.24) is 10.6 Å². The largest absolute Gasteiger partial charge is 0.383 e. The van der Waals surface area contributed by atoms with Crippen LogP contribution in [0.4, 0.5) is 4.39 Å². The molecule has 0 aromatic heterocycles. The Morgan fingerprint density at radius 3 is 2.70 bits per heavy atom. The van der Waals surface area contributed by atoms with Crippen LogP contribution in [-0.2, 0) is 9.53 Å². The fourth-order valence-electron chi connectivity index (χ4n) is 1.41. The zero-order valence-electron chi connectivity index (χ0n) is 11.0. The molecule has 1 rings (SSSR count). The van der Waals surface area contributed by atoms with E-state index >= 15 is 0 Å². The second kappa shape index (κ2) is 8.65. The van der Waals surface area contributed by atoms with Gasteiger partial charge < -0.3 is 15.4 Å². The number of ether oxygens (including phenoxy) is 1. The van der Waals surface area contributed by atoms with E-state index in [-0.39, 0.29) is 29.3 Å². The van der Waals surface area contributed by atoms with Crippen molar-refractivity contribution in [2.24, 2.45) is 0 Å². The molecule has 0 saturated heterocycles. The summed E-state index contributed by atoms with van der Waals surface area (Å²) in [6, 6.07) is 3.98. The molecular weight excluding hydrogens is 331 g/mol. The molecule has 0 atom stereocenters. The van der Waals surface area contributed by atoms with E-state index in [2.05, 4.69) is 26.6 Å². The van der Waals surface area contributed by atoms with E-state index in [1.54, 1.807) is 7.11 Å². The predicted molar refractivity (Wildman–Crippen MR) is 75.9 cm³/mol. The number of amides is 2. The number of benzene rings is 1. The number of hydrogen-bond acceptors (Lipinski definition) is 3. The summed E-state index contributed by atoms with van der Waals surface area (Å²) in [5.74, 6) is -0.947. The monoisotopic (exact) mass is 346 g/mol. The number of rotatable bonds is 7.